The summed E-state index contributed by atoms with van der Waals surface area (Å²) in [6, 6.07) is 11.4. The van der Waals surface area contributed by atoms with Gasteiger partial charge in [-0.3, -0.25) is 9.78 Å². The highest BCUT2D eigenvalue weighted by Gasteiger charge is 2.24. The molecule has 182 valence electrons. The number of nitrogens with zero attached hydrogens (tertiary/aromatic N) is 5. The van der Waals surface area contributed by atoms with E-state index in [2.05, 4.69) is 32.5 Å². The highest BCUT2D eigenvalue weighted by Crippen LogP contribution is 2.25. The van der Waals surface area contributed by atoms with Crippen LogP contribution >= 0.6 is 0 Å². The molecule has 1 aliphatic heterocycles. The molecule has 0 spiro atoms. The molecule has 0 radical (unpaired) electrons. The van der Waals surface area contributed by atoms with Gasteiger partial charge in [-0.05, 0) is 24.1 Å². The van der Waals surface area contributed by atoms with Gasteiger partial charge in [-0.2, -0.15) is 9.61 Å². The number of carbonyl (C=O) groups is 1. The van der Waals surface area contributed by atoms with Crippen LogP contribution in [0.15, 0.2) is 61.2 Å². The number of pyridine rings is 1. The summed E-state index contributed by atoms with van der Waals surface area (Å²) in [5.74, 6) is 0.0429. The van der Waals surface area contributed by atoms with Gasteiger partial charge in [-0.15, -0.1) is 0 Å². The molecule has 0 saturated carbocycles. The lowest BCUT2D eigenvalue weighted by molar-refractivity contribution is 0.0304. The largest absolute Gasteiger partial charge is 0.378 e. The lowest BCUT2D eigenvalue weighted by atomic mass is 10.1. The minimum absolute atomic E-state index is 0.153. The molecule has 0 unspecified atom stereocenters. The van der Waals surface area contributed by atoms with Gasteiger partial charge in [0.25, 0.3) is 5.91 Å². The van der Waals surface area contributed by atoms with Crippen molar-refractivity contribution in [3.05, 3.63) is 78.1 Å². The van der Waals surface area contributed by atoms with Crippen LogP contribution in [-0.2, 0) is 11.2 Å². The van der Waals surface area contributed by atoms with Crippen LogP contribution in [0.3, 0.4) is 0 Å². The highest BCUT2D eigenvalue weighted by atomic mass is 19.1. The summed E-state index contributed by atoms with van der Waals surface area (Å²) in [4.78, 5) is 27.0. The Labute approximate surface area is 205 Å². The number of hydrogen-bond donors (Lipinski definition) is 2. The molecule has 0 bridgehead atoms. The van der Waals surface area contributed by atoms with E-state index in [0.717, 1.165) is 18.1 Å². The zero-order chi connectivity index (χ0) is 24.5. The first-order valence-corrected chi connectivity index (χ1v) is 11.8. The molecule has 0 atom stereocenters. The van der Waals surface area contributed by atoms with Gasteiger partial charge < -0.3 is 19.9 Å². The predicted molar refractivity (Wildman–Crippen MR) is 133 cm³/mol. The van der Waals surface area contributed by atoms with Crippen molar-refractivity contribution in [2.45, 2.75) is 6.42 Å². The van der Waals surface area contributed by atoms with Gasteiger partial charge in [0.15, 0.2) is 5.65 Å². The summed E-state index contributed by atoms with van der Waals surface area (Å²) >= 11 is 0. The van der Waals surface area contributed by atoms with E-state index in [-0.39, 0.29) is 5.91 Å². The van der Waals surface area contributed by atoms with E-state index in [4.69, 9.17) is 9.72 Å². The van der Waals surface area contributed by atoms with Crippen LogP contribution in [0.4, 0.5) is 10.2 Å². The van der Waals surface area contributed by atoms with E-state index in [1.54, 1.807) is 27.9 Å². The fourth-order valence-corrected chi connectivity index (χ4v) is 4.54. The number of ether oxygens (including phenoxy) is 1. The second-order valence-corrected chi connectivity index (χ2v) is 8.65. The van der Waals surface area contributed by atoms with Gasteiger partial charge >= 0.3 is 0 Å². The average molecular weight is 486 g/mol. The molecule has 36 heavy (non-hydrogen) atoms. The number of aromatic amines is 1. The smallest absolute Gasteiger partial charge is 0.259 e. The maximum atomic E-state index is 13.9. The number of rotatable bonds is 6. The number of morpholine rings is 1. The molecule has 0 aliphatic carbocycles. The summed E-state index contributed by atoms with van der Waals surface area (Å²) in [6.45, 7) is 2.64. The first-order chi connectivity index (χ1) is 17.7. The van der Waals surface area contributed by atoms with Crippen LogP contribution in [0.1, 0.15) is 15.9 Å². The number of para-hydroxylation sites is 1. The number of H-pyrrole nitrogens is 1. The van der Waals surface area contributed by atoms with Crippen molar-refractivity contribution in [1.82, 2.24) is 29.5 Å². The van der Waals surface area contributed by atoms with E-state index in [1.807, 2.05) is 18.3 Å². The molecule has 6 rings (SSSR count). The quantitative estimate of drug-likeness (QED) is 0.382. The Morgan fingerprint density at radius 2 is 2.00 bits per heavy atom. The molecule has 1 fully saturated rings. The molecule has 1 saturated heterocycles. The molecule has 2 N–H and O–H groups in total. The van der Waals surface area contributed by atoms with Crippen molar-refractivity contribution in [1.29, 1.82) is 0 Å². The molecule has 10 heteroatoms. The highest BCUT2D eigenvalue weighted by molar-refractivity contribution is 6.00. The van der Waals surface area contributed by atoms with Crippen LogP contribution in [0.25, 0.3) is 27.8 Å². The molecular formula is C26H24FN7O2. The van der Waals surface area contributed by atoms with Gasteiger partial charge in [-0.25, -0.2) is 9.37 Å². The molecule has 4 aromatic heterocycles. The zero-order valence-electron chi connectivity index (χ0n) is 19.4. The summed E-state index contributed by atoms with van der Waals surface area (Å²) in [7, 11) is 0. The maximum Gasteiger partial charge on any atom is 0.259 e. The second-order valence-electron chi connectivity index (χ2n) is 8.65. The number of amides is 1. The van der Waals surface area contributed by atoms with E-state index in [0.29, 0.717) is 61.1 Å². The summed E-state index contributed by atoms with van der Waals surface area (Å²) in [6.07, 6.45) is 7.03. The number of anilines is 1. The number of halogens is 1. The second kappa shape index (κ2) is 9.38. The third-order valence-corrected chi connectivity index (χ3v) is 6.38. The van der Waals surface area contributed by atoms with Crippen molar-refractivity contribution in [3.63, 3.8) is 0 Å². The summed E-state index contributed by atoms with van der Waals surface area (Å²) in [5.41, 5.74) is 4.11. The minimum Gasteiger partial charge on any atom is -0.378 e. The summed E-state index contributed by atoms with van der Waals surface area (Å²) < 4.78 is 20.9. The number of carbonyl (C=O) groups excluding carboxylic acids is 1. The molecular weight excluding hydrogens is 461 g/mol. The Morgan fingerprint density at radius 3 is 2.86 bits per heavy atom. The van der Waals surface area contributed by atoms with Crippen LogP contribution in [0.5, 0.6) is 0 Å². The van der Waals surface area contributed by atoms with E-state index < -0.39 is 5.82 Å². The lowest BCUT2D eigenvalue weighted by Crippen LogP contribution is -2.40. The third kappa shape index (κ3) is 4.16. The van der Waals surface area contributed by atoms with Gasteiger partial charge in [-0.1, -0.05) is 18.2 Å². The van der Waals surface area contributed by atoms with Crippen molar-refractivity contribution < 1.29 is 13.9 Å². The van der Waals surface area contributed by atoms with Crippen LogP contribution in [0, 0.1) is 5.82 Å². The van der Waals surface area contributed by atoms with E-state index in [1.165, 1.54) is 17.0 Å². The monoisotopic (exact) mass is 485 g/mol. The van der Waals surface area contributed by atoms with E-state index >= 15 is 0 Å². The fraction of sp³-hybridized carbons (Fsp3) is 0.231. The van der Waals surface area contributed by atoms with Crippen molar-refractivity contribution in [2.24, 2.45) is 0 Å². The fourth-order valence-electron chi connectivity index (χ4n) is 4.54. The first kappa shape index (κ1) is 22.2. The van der Waals surface area contributed by atoms with Crippen LogP contribution in [0.2, 0.25) is 0 Å². The normalized spacial score (nSPS) is 14.0. The Hall–Kier alpha value is -4.31. The van der Waals surface area contributed by atoms with Gasteiger partial charge in [0, 0.05) is 54.6 Å². The first-order valence-electron chi connectivity index (χ1n) is 11.8. The number of aromatic nitrogens is 5. The Bertz CT molecular complexity index is 1550. The predicted octanol–water partition coefficient (Wildman–Crippen LogP) is 3.54. The number of nitrogens with one attached hydrogen (secondary N) is 2. The van der Waals surface area contributed by atoms with Crippen LogP contribution in [-0.4, -0.2) is 68.2 Å². The molecule has 5 heterocycles. The molecule has 1 amide bonds. The Kier molecular flexibility index (Phi) is 5.78. The number of benzene rings is 1. The SMILES string of the molecule is O=C(c1cnn2c(NCCc3c[nH]c4ccccc34)cc(-c3cncc(F)c3)nc12)N1CCOCC1. The summed E-state index contributed by atoms with van der Waals surface area (Å²) in [5, 5.41) is 9.09. The standard InChI is InChI=1S/C26H24FN7O2/c27-19-11-18(13-28-15-19)23-12-24(29-6-5-17-14-30-22-4-2-1-3-20(17)22)34-25(32-23)21(16-31-34)26(35)33-7-9-36-10-8-33/h1-4,11-16,29-30H,5-10H2. The molecule has 9 nitrogen and oxygen atoms in total. The number of hydrogen-bond acceptors (Lipinski definition) is 6. The van der Waals surface area contributed by atoms with Crippen molar-refractivity contribution in [3.8, 4) is 11.3 Å². The minimum atomic E-state index is -0.457. The van der Waals surface area contributed by atoms with Gasteiger partial charge in [0.1, 0.15) is 17.2 Å². The Morgan fingerprint density at radius 1 is 1.14 bits per heavy atom. The number of fused-ring (bicyclic) bond motifs is 2. The molecule has 1 aromatic carbocycles. The molecule has 5 aromatic rings. The van der Waals surface area contributed by atoms with Gasteiger partial charge in [0.2, 0.25) is 0 Å². The third-order valence-electron chi connectivity index (χ3n) is 6.38. The van der Waals surface area contributed by atoms with E-state index in [9.17, 15) is 9.18 Å². The zero-order valence-corrected chi connectivity index (χ0v) is 19.4. The van der Waals surface area contributed by atoms with Crippen LogP contribution < -0.4 is 5.32 Å². The molecule has 1 aliphatic rings. The van der Waals surface area contributed by atoms with Crippen molar-refractivity contribution >= 4 is 28.3 Å². The van der Waals surface area contributed by atoms with Crippen molar-refractivity contribution in [2.75, 3.05) is 38.2 Å². The average Bonchev–Trinajstić information content (AvgIpc) is 3.53. The Balaban J connectivity index is 1.35. The lowest BCUT2D eigenvalue weighted by Gasteiger charge is -2.26. The van der Waals surface area contributed by atoms with Gasteiger partial charge in [0.05, 0.1) is 31.3 Å². The topological polar surface area (TPSA) is 100 Å². The maximum absolute atomic E-state index is 13.9.